The first-order chi connectivity index (χ1) is 10.2. The van der Waals surface area contributed by atoms with Crippen molar-refractivity contribution in [3.8, 4) is 5.75 Å². The molecule has 0 bridgehead atoms. The molecule has 0 aliphatic carbocycles. The van der Waals surface area contributed by atoms with E-state index in [2.05, 4.69) is 9.97 Å². The lowest BCUT2D eigenvalue weighted by molar-refractivity contribution is 0.213. The molecule has 106 valence electrons. The van der Waals surface area contributed by atoms with Crippen LogP contribution in [0.2, 0.25) is 0 Å². The number of hydrogen-bond acceptors (Lipinski definition) is 4. The Hall–Kier alpha value is -2.53. The lowest BCUT2D eigenvalue weighted by Gasteiger charge is -2.14. The first-order valence-corrected chi connectivity index (χ1v) is 6.42. The maximum Gasteiger partial charge on any atom is 0.171 e. The molecule has 1 aromatic heterocycles. The van der Waals surface area contributed by atoms with Crippen LogP contribution in [-0.4, -0.2) is 22.2 Å². The van der Waals surface area contributed by atoms with Crippen LogP contribution >= 0.6 is 0 Å². The number of aliphatic hydroxyl groups is 1. The molecule has 5 heteroatoms. The van der Waals surface area contributed by atoms with E-state index in [0.29, 0.717) is 11.1 Å². The number of aliphatic hydroxyl groups excluding tert-OH is 1. The summed E-state index contributed by atoms with van der Waals surface area (Å²) in [5.74, 6) is -0.459. The minimum atomic E-state index is -1.09. The standard InChI is InChI=1S/C16H13FN2O2/c1-21-14-4-2-3-11(15(14)17)16(20)10-5-6-12-13(9-10)19-8-7-18-12/h2-9,16,20H,1H3. The molecule has 2 aromatic carbocycles. The maximum absolute atomic E-state index is 14.2. The average molecular weight is 284 g/mol. The largest absolute Gasteiger partial charge is 0.494 e. The molecule has 0 saturated carbocycles. The first-order valence-electron chi connectivity index (χ1n) is 6.42. The van der Waals surface area contributed by atoms with E-state index in [-0.39, 0.29) is 11.3 Å². The van der Waals surface area contributed by atoms with Crippen molar-refractivity contribution in [2.45, 2.75) is 6.10 Å². The minimum Gasteiger partial charge on any atom is -0.494 e. The van der Waals surface area contributed by atoms with Gasteiger partial charge in [-0.3, -0.25) is 9.97 Å². The van der Waals surface area contributed by atoms with Crippen LogP contribution < -0.4 is 4.74 Å². The second-order valence-electron chi connectivity index (χ2n) is 4.57. The number of methoxy groups -OCH3 is 1. The zero-order valence-electron chi connectivity index (χ0n) is 11.3. The Balaban J connectivity index is 2.06. The molecule has 0 spiro atoms. The number of halogens is 1. The van der Waals surface area contributed by atoms with Gasteiger partial charge in [-0.05, 0) is 23.8 Å². The van der Waals surface area contributed by atoms with E-state index in [9.17, 15) is 9.50 Å². The Morgan fingerprint density at radius 2 is 1.86 bits per heavy atom. The molecular formula is C16H13FN2O2. The molecule has 0 aliphatic heterocycles. The summed E-state index contributed by atoms with van der Waals surface area (Å²) in [6.07, 6.45) is 2.08. The third-order valence-electron chi connectivity index (χ3n) is 3.32. The number of ether oxygens (including phenoxy) is 1. The van der Waals surface area contributed by atoms with Gasteiger partial charge in [0, 0.05) is 18.0 Å². The van der Waals surface area contributed by atoms with Crippen molar-refractivity contribution in [3.05, 3.63) is 65.7 Å². The number of aromatic nitrogens is 2. The highest BCUT2D eigenvalue weighted by atomic mass is 19.1. The zero-order valence-corrected chi connectivity index (χ0v) is 11.3. The monoisotopic (exact) mass is 284 g/mol. The predicted molar refractivity (Wildman–Crippen MR) is 76.6 cm³/mol. The first kappa shape index (κ1) is 13.5. The van der Waals surface area contributed by atoms with E-state index >= 15 is 0 Å². The molecule has 21 heavy (non-hydrogen) atoms. The second kappa shape index (κ2) is 5.46. The second-order valence-corrected chi connectivity index (χ2v) is 4.57. The molecule has 1 heterocycles. The van der Waals surface area contributed by atoms with Crippen molar-refractivity contribution >= 4 is 11.0 Å². The van der Waals surface area contributed by atoms with Crippen LogP contribution in [-0.2, 0) is 0 Å². The highest BCUT2D eigenvalue weighted by Crippen LogP contribution is 2.30. The van der Waals surface area contributed by atoms with Crippen LogP contribution in [0.25, 0.3) is 11.0 Å². The molecule has 0 aliphatic rings. The topological polar surface area (TPSA) is 55.2 Å². The van der Waals surface area contributed by atoms with Gasteiger partial charge in [-0.2, -0.15) is 0 Å². The van der Waals surface area contributed by atoms with E-state index in [4.69, 9.17) is 4.74 Å². The van der Waals surface area contributed by atoms with E-state index in [1.165, 1.54) is 19.2 Å². The van der Waals surface area contributed by atoms with Crippen molar-refractivity contribution < 1.29 is 14.2 Å². The summed E-state index contributed by atoms with van der Waals surface area (Å²) in [6.45, 7) is 0. The summed E-state index contributed by atoms with van der Waals surface area (Å²) in [6, 6.07) is 9.84. The highest BCUT2D eigenvalue weighted by Gasteiger charge is 2.18. The molecule has 1 atom stereocenters. The quantitative estimate of drug-likeness (QED) is 0.803. The minimum absolute atomic E-state index is 0.104. The predicted octanol–water partition coefficient (Wildman–Crippen LogP) is 2.86. The molecule has 4 nitrogen and oxygen atoms in total. The van der Waals surface area contributed by atoms with Gasteiger partial charge in [0.15, 0.2) is 11.6 Å². The molecular weight excluding hydrogens is 271 g/mol. The fraction of sp³-hybridized carbons (Fsp3) is 0.125. The lowest BCUT2D eigenvalue weighted by Crippen LogP contribution is -2.04. The fourth-order valence-corrected chi connectivity index (χ4v) is 2.23. The summed E-state index contributed by atoms with van der Waals surface area (Å²) in [5, 5.41) is 10.4. The van der Waals surface area contributed by atoms with Gasteiger partial charge in [0.1, 0.15) is 6.10 Å². The molecule has 0 amide bonds. The van der Waals surface area contributed by atoms with Crippen LogP contribution in [0.15, 0.2) is 48.8 Å². The molecule has 1 N–H and O–H groups in total. The number of hydrogen-bond donors (Lipinski definition) is 1. The van der Waals surface area contributed by atoms with Gasteiger partial charge in [0.2, 0.25) is 0 Å². The Labute approximate surface area is 120 Å². The molecule has 3 rings (SSSR count). The third-order valence-corrected chi connectivity index (χ3v) is 3.32. The summed E-state index contributed by atoms with van der Waals surface area (Å²) < 4.78 is 19.1. The van der Waals surface area contributed by atoms with Crippen LogP contribution in [0.5, 0.6) is 5.75 Å². The van der Waals surface area contributed by atoms with Crippen molar-refractivity contribution in [2.24, 2.45) is 0 Å². The fourth-order valence-electron chi connectivity index (χ4n) is 2.23. The van der Waals surface area contributed by atoms with Crippen molar-refractivity contribution in [1.82, 2.24) is 9.97 Å². The normalized spacial score (nSPS) is 12.3. The number of nitrogens with zero attached hydrogens (tertiary/aromatic N) is 2. The summed E-state index contributed by atoms with van der Waals surface area (Å²) in [5.41, 5.74) is 2.09. The Kier molecular flexibility index (Phi) is 3.50. The van der Waals surface area contributed by atoms with Gasteiger partial charge in [0.05, 0.1) is 18.1 Å². The summed E-state index contributed by atoms with van der Waals surface area (Å²) in [7, 11) is 1.39. The van der Waals surface area contributed by atoms with Gasteiger partial charge < -0.3 is 9.84 Å². The smallest absolute Gasteiger partial charge is 0.171 e. The maximum atomic E-state index is 14.2. The molecule has 0 saturated heterocycles. The highest BCUT2D eigenvalue weighted by molar-refractivity contribution is 5.74. The number of benzene rings is 2. The average Bonchev–Trinajstić information content (AvgIpc) is 2.54. The van der Waals surface area contributed by atoms with E-state index in [1.807, 2.05) is 0 Å². The summed E-state index contributed by atoms with van der Waals surface area (Å²) in [4.78, 5) is 8.34. The van der Waals surface area contributed by atoms with Gasteiger partial charge >= 0.3 is 0 Å². The Bertz CT molecular complexity index is 792. The van der Waals surface area contributed by atoms with Gasteiger partial charge in [-0.15, -0.1) is 0 Å². The molecule has 0 radical (unpaired) electrons. The van der Waals surface area contributed by atoms with E-state index < -0.39 is 11.9 Å². The SMILES string of the molecule is COc1cccc(C(O)c2ccc3nccnc3c2)c1F. The third kappa shape index (κ3) is 2.43. The molecule has 0 fully saturated rings. The van der Waals surface area contributed by atoms with Crippen molar-refractivity contribution in [3.63, 3.8) is 0 Å². The van der Waals surface area contributed by atoms with Crippen molar-refractivity contribution in [2.75, 3.05) is 7.11 Å². The van der Waals surface area contributed by atoms with Gasteiger partial charge in [-0.25, -0.2) is 4.39 Å². The summed E-state index contributed by atoms with van der Waals surface area (Å²) >= 11 is 0. The Morgan fingerprint density at radius 1 is 1.10 bits per heavy atom. The van der Waals surface area contributed by atoms with Crippen molar-refractivity contribution in [1.29, 1.82) is 0 Å². The number of fused-ring (bicyclic) bond motifs is 1. The number of rotatable bonds is 3. The van der Waals surface area contributed by atoms with E-state index in [0.717, 1.165) is 5.52 Å². The van der Waals surface area contributed by atoms with Crippen LogP contribution in [0.3, 0.4) is 0 Å². The zero-order chi connectivity index (χ0) is 14.8. The Morgan fingerprint density at radius 3 is 2.62 bits per heavy atom. The molecule has 1 unspecified atom stereocenters. The molecule has 3 aromatic rings. The van der Waals surface area contributed by atoms with Gasteiger partial charge in [-0.1, -0.05) is 18.2 Å². The van der Waals surface area contributed by atoms with Crippen LogP contribution in [0.4, 0.5) is 4.39 Å². The van der Waals surface area contributed by atoms with Gasteiger partial charge in [0.25, 0.3) is 0 Å². The van der Waals surface area contributed by atoms with E-state index in [1.54, 1.807) is 36.7 Å². The lowest BCUT2D eigenvalue weighted by atomic mass is 10.00. The van der Waals surface area contributed by atoms with Crippen LogP contribution in [0.1, 0.15) is 17.2 Å². The van der Waals surface area contributed by atoms with Crippen LogP contribution in [0, 0.1) is 5.82 Å².